The van der Waals surface area contributed by atoms with Crippen molar-refractivity contribution in [2.75, 3.05) is 0 Å². The van der Waals surface area contributed by atoms with E-state index >= 15 is 0 Å². The van der Waals surface area contributed by atoms with Crippen molar-refractivity contribution >= 4 is 6.21 Å². The Balaban J connectivity index is 2.00. The first kappa shape index (κ1) is 12.0. The number of hydrogen-bond acceptors (Lipinski definition) is 3. The van der Waals surface area contributed by atoms with Gasteiger partial charge in [-0.3, -0.25) is 4.98 Å². The molecule has 0 aliphatic heterocycles. The van der Waals surface area contributed by atoms with Gasteiger partial charge in [-0.2, -0.15) is 0 Å². The van der Waals surface area contributed by atoms with Crippen LogP contribution in [0.15, 0.2) is 72.5 Å². The highest BCUT2D eigenvalue weighted by atomic mass is 16.6. The lowest BCUT2D eigenvalue weighted by Crippen LogP contribution is -1.97. The van der Waals surface area contributed by atoms with E-state index in [-0.39, 0.29) is 6.10 Å². The van der Waals surface area contributed by atoms with Crippen LogP contribution in [0.4, 0.5) is 0 Å². The molecule has 0 fully saturated rings. The third-order valence-corrected chi connectivity index (χ3v) is 2.39. The third kappa shape index (κ3) is 3.28. The summed E-state index contributed by atoms with van der Waals surface area (Å²) in [5, 5.41) is 3.93. The highest BCUT2D eigenvalue weighted by molar-refractivity contribution is 5.76. The molecule has 0 bridgehead atoms. The lowest BCUT2D eigenvalue weighted by Gasteiger charge is -2.09. The van der Waals surface area contributed by atoms with Crippen LogP contribution in [0.3, 0.4) is 0 Å². The van der Waals surface area contributed by atoms with Crippen LogP contribution in [0.1, 0.15) is 17.4 Å². The van der Waals surface area contributed by atoms with Gasteiger partial charge in [0.1, 0.15) is 0 Å². The molecule has 0 aliphatic rings. The molecule has 1 atom stereocenters. The molecule has 0 N–H and O–H groups in total. The molecule has 1 aromatic carbocycles. The van der Waals surface area contributed by atoms with Crippen molar-refractivity contribution in [2.24, 2.45) is 5.16 Å². The SMILES string of the molecule is C=C[C@H](O/N=C/c1ccccn1)c1ccccc1. The predicted molar refractivity (Wildman–Crippen MR) is 72.3 cm³/mol. The van der Waals surface area contributed by atoms with E-state index in [1.165, 1.54) is 0 Å². The summed E-state index contributed by atoms with van der Waals surface area (Å²) in [5.41, 5.74) is 1.78. The smallest absolute Gasteiger partial charge is 0.170 e. The van der Waals surface area contributed by atoms with E-state index < -0.39 is 0 Å². The normalized spacial score (nSPS) is 12.2. The van der Waals surface area contributed by atoms with Gasteiger partial charge in [0.2, 0.25) is 0 Å². The van der Waals surface area contributed by atoms with E-state index in [1.54, 1.807) is 18.5 Å². The molecular weight excluding hydrogens is 224 g/mol. The zero-order chi connectivity index (χ0) is 12.6. The quantitative estimate of drug-likeness (QED) is 0.455. The predicted octanol–water partition coefficient (Wildman–Crippen LogP) is 3.36. The molecule has 2 rings (SSSR count). The molecule has 0 amide bonds. The number of benzene rings is 1. The third-order valence-electron chi connectivity index (χ3n) is 2.39. The van der Waals surface area contributed by atoms with E-state index in [9.17, 15) is 0 Å². The summed E-state index contributed by atoms with van der Waals surface area (Å²) in [6, 6.07) is 15.4. The monoisotopic (exact) mass is 238 g/mol. The Labute approximate surface area is 106 Å². The fourth-order valence-corrected chi connectivity index (χ4v) is 1.49. The van der Waals surface area contributed by atoms with Crippen molar-refractivity contribution in [1.29, 1.82) is 0 Å². The average Bonchev–Trinajstić information content (AvgIpc) is 2.46. The minimum absolute atomic E-state index is 0.244. The molecule has 0 saturated heterocycles. The van der Waals surface area contributed by atoms with Crippen molar-refractivity contribution in [1.82, 2.24) is 4.98 Å². The first-order chi connectivity index (χ1) is 8.90. The first-order valence-corrected chi connectivity index (χ1v) is 5.68. The second kappa shape index (κ2) is 6.35. The molecular formula is C15H14N2O. The molecule has 90 valence electrons. The highest BCUT2D eigenvalue weighted by Crippen LogP contribution is 2.17. The molecule has 0 saturated carbocycles. The summed E-state index contributed by atoms with van der Waals surface area (Å²) >= 11 is 0. The second-order valence-corrected chi connectivity index (χ2v) is 3.66. The second-order valence-electron chi connectivity index (χ2n) is 3.66. The van der Waals surface area contributed by atoms with Crippen molar-refractivity contribution in [2.45, 2.75) is 6.10 Å². The van der Waals surface area contributed by atoms with Crippen LogP contribution in [0.2, 0.25) is 0 Å². The zero-order valence-electron chi connectivity index (χ0n) is 9.94. The van der Waals surface area contributed by atoms with Gasteiger partial charge in [-0.15, -0.1) is 0 Å². The van der Waals surface area contributed by atoms with Gasteiger partial charge in [0.15, 0.2) is 6.10 Å². The summed E-state index contributed by atoms with van der Waals surface area (Å²) in [7, 11) is 0. The minimum atomic E-state index is -0.244. The Morgan fingerprint density at radius 1 is 1.11 bits per heavy atom. The Morgan fingerprint density at radius 2 is 1.89 bits per heavy atom. The fraction of sp³-hybridized carbons (Fsp3) is 0.0667. The van der Waals surface area contributed by atoms with Crippen LogP contribution in [0, 0.1) is 0 Å². The Bertz CT molecular complexity index is 509. The fourth-order valence-electron chi connectivity index (χ4n) is 1.49. The van der Waals surface area contributed by atoms with Crippen molar-refractivity contribution < 1.29 is 4.84 Å². The number of pyridine rings is 1. The maximum absolute atomic E-state index is 5.39. The lowest BCUT2D eigenvalue weighted by atomic mass is 10.1. The molecule has 0 aliphatic carbocycles. The van der Waals surface area contributed by atoms with Crippen LogP contribution in [0.25, 0.3) is 0 Å². The molecule has 18 heavy (non-hydrogen) atoms. The number of hydrogen-bond donors (Lipinski definition) is 0. The summed E-state index contributed by atoms with van der Waals surface area (Å²) in [6.45, 7) is 3.75. The summed E-state index contributed by atoms with van der Waals surface area (Å²) in [5.74, 6) is 0. The summed E-state index contributed by atoms with van der Waals surface area (Å²) in [4.78, 5) is 9.51. The number of oxime groups is 1. The van der Waals surface area contributed by atoms with Crippen molar-refractivity contribution in [3.05, 3.63) is 78.6 Å². The largest absolute Gasteiger partial charge is 0.383 e. The molecule has 0 radical (unpaired) electrons. The van der Waals surface area contributed by atoms with Crippen LogP contribution < -0.4 is 0 Å². The van der Waals surface area contributed by atoms with Gasteiger partial charge < -0.3 is 4.84 Å². The van der Waals surface area contributed by atoms with Gasteiger partial charge in [0, 0.05) is 6.20 Å². The highest BCUT2D eigenvalue weighted by Gasteiger charge is 2.06. The van der Waals surface area contributed by atoms with Crippen molar-refractivity contribution in [3.8, 4) is 0 Å². The maximum atomic E-state index is 5.39. The molecule has 1 heterocycles. The standard InChI is InChI=1S/C15H14N2O/c1-2-15(13-8-4-3-5-9-13)18-17-12-14-10-6-7-11-16-14/h2-12,15H,1H2/b17-12+/t15-/m0/s1. The van der Waals surface area contributed by atoms with E-state index in [2.05, 4.69) is 16.7 Å². The van der Waals surface area contributed by atoms with E-state index in [0.29, 0.717) is 0 Å². The Morgan fingerprint density at radius 3 is 2.56 bits per heavy atom. The van der Waals surface area contributed by atoms with Gasteiger partial charge in [-0.05, 0) is 23.8 Å². The van der Waals surface area contributed by atoms with E-state index in [4.69, 9.17) is 4.84 Å². The maximum Gasteiger partial charge on any atom is 0.170 e. The van der Waals surface area contributed by atoms with Gasteiger partial charge in [-0.25, -0.2) is 0 Å². The average molecular weight is 238 g/mol. The number of rotatable bonds is 5. The van der Waals surface area contributed by atoms with Crippen LogP contribution >= 0.6 is 0 Å². The molecule has 3 nitrogen and oxygen atoms in total. The Kier molecular flexibility index (Phi) is 4.25. The number of nitrogens with zero attached hydrogens (tertiary/aromatic N) is 2. The summed E-state index contributed by atoms with van der Waals surface area (Å²) < 4.78 is 0. The minimum Gasteiger partial charge on any atom is -0.383 e. The van der Waals surface area contributed by atoms with Gasteiger partial charge in [-0.1, -0.05) is 48.1 Å². The first-order valence-electron chi connectivity index (χ1n) is 5.68. The van der Waals surface area contributed by atoms with E-state index in [1.807, 2.05) is 48.5 Å². The van der Waals surface area contributed by atoms with Crippen LogP contribution in [-0.2, 0) is 4.84 Å². The Hall–Kier alpha value is -2.42. The zero-order valence-corrected chi connectivity index (χ0v) is 9.94. The molecule has 2 aromatic rings. The van der Waals surface area contributed by atoms with Crippen LogP contribution in [0.5, 0.6) is 0 Å². The summed E-state index contributed by atoms with van der Waals surface area (Å²) in [6.07, 6.45) is 4.76. The molecule has 3 heteroatoms. The molecule has 1 aromatic heterocycles. The molecule has 0 spiro atoms. The van der Waals surface area contributed by atoms with Gasteiger partial charge in [0.05, 0.1) is 11.9 Å². The van der Waals surface area contributed by atoms with Crippen LogP contribution in [-0.4, -0.2) is 11.2 Å². The number of aromatic nitrogens is 1. The lowest BCUT2D eigenvalue weighted by molar-refractivity contribution is 0.0945. The van der Waals surface area contributed by atoms with Gasteiger partial charge >= 0.3 is 0 Å². The topological polar surface area (TPSA) is 34.5 Å². The van der Waals surface area contributed by atoms with Gasteiger partial charge in [0.25, 0.3) is 0 Å². The molecule has 0 unspecified atom stereocenters. The van der Waals surface area contributed by atoms with E-state index in [0.717, 1.165) is 11.3 Å². The van der Waals surface area contributed by atoms with Crippen molar-refractivity contribution in [3.63, 3.8) is 0 Å².